The maximum absolute atomic E-state index is 12.4. The molecule has 2 aromatic rings. The number of nitrogens with one attached hydrogen (secondary N) is 1. The third-order valence-electron chi connectivity index (χ3n) is 3.15. The number of amides is 3. The summed E-state index contributed by atoms with van der Waals surface area (Å²) in [7, 11) is -4.04. The Hall–Kier alpha value is -1.93. The third-order valence-corrected chi connectivity index (χ3v) is 5.56. The van der Waals surface area contributed by atoms with Crippen molar-refractivity contribution in [2.75, 3.05) is 6.54 Å². The lowest BCUT2D eigenvalue weighted by Crippen LogP contribution is -2.34. The Morgan fingerprint density at radius 1 is 1.14 bits per heavy atom. The van der Waals surface area contributed by atoms with Gasteiger partial charge in [-0.2, -0.15) is 0 Å². The van der Waals surface area contributed by atoms with Gasteiger partial charge in [-0.15, -0.1) is 0 Å². The zero-order chi connectivity index (χ0) is 15.2. The molecule has 21 heavy (non-hydrogen) atoms. The molecule has 3 rings (SSSR count). The Labute approximate surface area is 128 Å². The lowest BCUT2D eigenvalue weighted by atomic mass is 10.1. The minimum absolute atomic E-state index is 0.0297. The SMILES string of the molecule is O=C1CN(S(=O)(=O)c2ccc3c(Br)cccc3c2)C(=O)N1. The molecule has 0 atom stereocenters. The summed E-state index contributed by atoms with van der Waals surface area (Å²) in [5.41, 5.74) is 0. The number of halogens is 1. The highest BCUT2D eigenvalue weighted by Crippen LogP contribution is 2.27. The summed E-state index contributed by atoms with van der Waals surface area (Å²) in [6, 6.07) is 9.03. The Balaban J connectivity index is 2.11. The molecule has 6 nitrogen and oxygen atoms in total. The highest BCUT2D eigenvalue weighted by atomic mass is 79.9. The van der Waals surface area contributed by atoms with Crippen molar-refractivity contribution in [1.82, 2.24) is 9.62 Å². The van der Waals surface area contributed by atoms with E-state index in [-0.39, 0.29) is 4.90 Å². The van der Waals surface area contributed by atoms with Gasteiger partial charge in [-0.25, -0.2) is 17.5 Å². The molecule has 2 aromatic carbocycles. The summed E-state index contributed by atoms with van der Waals surface area (Å²) in [6.45, 7) is -0.488. The number of carbonyl (C=O) groups is 2. The van der Waals surface area contributed by atoms with E-state index in [0.29, 0.717) is 4.31 Å². The minimum atomic E-state index is -4.04. The predicted molar refractivity (Wildman–Crippen MR) is 79.1 cm³/mol. The van der Waals surface area contributed by atoms with Crippen molar-refractivity contribution in [3.63, 3.8) is 0 Å². The molecule has 0 aliphatic carbocycles. The summed E-state index contributed by atoms with van der Waals surface area (Å²) >= 11 is 3.39. The molecule has 1 aliphatic rings. The van der Waals surface area contributed by atoms with Gasteiger partial charge in [0.1, 0.15) is 6.54 Å². The predicted octanol–water partition coefficient (Wildman–Crippen LogP) is 1.84. The first-order valence-corrected chi connectivity index (χ1v) is 8.18. The molecule has 1 heterocycles. The zero-order valence-corrected chi connectivity index (χ0v) is 12.9. The maximum atomic E-state index is 12.4. The lowest BCUT2D eigenvalue weighted by molar-refractivity contribution is -0.118. The molecule has 1 fully saturated rings. The van der Waals surface area contributed by atoms with Crippen molar-refractivity contribution in [1.29, 1.82) is 0 Å². The van der Waals surface area contributed by atoms with Crippen LogP contribution in [-0.4, -0.2) is 31.2 Å². The molecule has 8 heteroatoms. The van der Waals surface area contributed by atoms with Crippen molar-refractivity contribution in [2.45, 2.75) is 4.90 Å². The van der Waals surface area contributed by atoms with Crippen LogP contribution in [0.5, 0.6) is 0 Å². The van der Waals surface area contributed by atoms with Gasteiger partial charge in [-0.1, -0.05) is 34.1 Å². The zero-order valence-electron chi connectivity index (χ0n) is 10.5. The van der Waals surface area contributed by atoms with Gasteiger partial charge in [0.05, 0.1) is 4.90 Å². The molecule has 1 aliphatic heterocycles. The largest absolute Gasteiger partial charge is 0.338 e. The summed E-state index contributed by atoms with van der Waals surface area (Å²) in [5.74, 6) is -0.632. The quantitative estimate of drug-likeness (QED) is 0.819. The summed E-state index contributed by atoms with van der Waals surface area (Å²) in [6.07, 6.45) is 0. The first-order chi connectivity index (χ1) is 9.89. The van der Waals surface area contributed by atoms with Gasteiger partial charge in [0.15, 0.2) is 0 Å². The molecule has 1 N–H and O–H groups in total. The normalized spacial score (nSPS) is 15.6. The highest BCUT2D eigenvalue weighted by Gasteiger charge is 2.37. The van der Waals surface area contributed by atoms with Crippen LogP contribution in [0.3, 0.4) is 0 Å². The fourth-order valence-electron chi connectivity index (χ4n) is 2.13. The van der Waals surface area contributed by atoms with Crippen LogP contribution >= 0.6 is 15.9 Å². The molecule has 108 valence electrons. The second kappa shape index (κ2) is 4.81. The number of nitrogens with zero attached hydrogens (tertiary/aromatic N) is 1. The van der Waals surface area contributed by atoms with E-state index in [4.69, 9.17) is 0 Å². The molecule has 0 spiro atoms. The highest BCUT2D eigenvalue weighted by molar-refractivity contribution is 9.10. The monoisotopic (exact) mass is 368 g/mol. The smallest absolute Gasteiger partial charge is 0.275 e. The van der Waals surface area contributed by atoms with Crippen LogP contribution in [0.2, 0.25) is 0 Å². The van der Waals surface area contributed by atoms with E-state index < -0.39 is 28.5 Å². The number of hydrogen-bond acceptors (Lipinski definition) is 4. The Morgan fingerprint density at radius 3 is 2.57 bits per heavy atom. The first-order valence-electron chi connectivity index (χ1n) is 5.94. The second-order valence-corrected chi connectivity index (χ2v) is 7.20. The van der Waals surface area contributed by atoms with Crippen molar-refractivity contribution in [3.05, 3.63) is 40.9 Å². The van der Waals surface area contributed by atoms with Crippen LogP contribution in [0.15, 0.2) is 45.8 Å². The molecule has 0 bridgehead atoms. The van der Waals surface area contributed by atoms with Gasteiger partial charge in [-0.3, -0.25) is 10.1 Å². The van der Waals surface area contributed by atoms with Gasteiger partial charge in [-0.05, 0) is 29.0 Å². The van der Waals surface area contributed by atoms with Crippen LogP contribution in [0.25, 0.3) is 10.8 Å². The van der Waals surface area contributed by atoms with Crippen LogP contribution in [0.4, 0.5) is 4.79 Å². The minimum Gasteiger partial charge on any atom is -0.275 e. The molecular weight excluding hydrogens is 360 g/mol. The summed E-state index contributed by atoms with van der Waals surface area (Å²) in [5, 5.41) is 3.53. The van der Waals surface area contributed by atoms with Crippen molar-refractivity contribution in [3.8, 4) is 0 Å². The first kappa shape index (κ1) is 14.0. The molecule has 0 radical (unpaired) electrons. The van der Waals surface area contributed by atoms with Gasteiger partial charge in [0, 0.05) is 4.47 Å². The van der Waals surface area contributed by atoms with E-state index in [1.807, 2.05) is 11.4 Å². The van der Waals surface area contributed by atoms with E-state index in [1.165, 1.54) is 12.1 Å². The summed E-state index contributed by atoms with van der Waals surface area (Å²) < 4.78 is 26.2. The average Bonchev–Trinajstić information content (AvgIpc) is 2.78. The van der Waals surface area contributed by atoms with E-state index in [1.54, 1.807) is 18.2 Å². The van der Waals surface area contributed by atoms with Crippen LogP contribution in [0, 0.1) is 0 Å². The van der Waals surface area contributed by atoms with Crippen LogP contribution < -0.4 is 5.32 Å². The fourth-order valence-corrected chi connectivity index (χ4v) is 3.96. The Morgan fingerprint density at radius 2 is 1.90 bits per heavy atom. The molecule has 0 saturated carbocycles. The average molecular weight is 369 g/mol. The Kier molecular flexibility index (Phi) is 3.22. The number of hydrogen-bond donors (Lipinski definition) is 1. The molecular formula is C13H9BrN2O4S. The lowest BCUT2D eigenvalue weighted by Gasteiger charge is -2.14. The standard InChI is InChI=1S/C13H9BrN2O4S/c14-11-3-1-2-8-6-9(4-5-10(8)11)21(19,20)16-7-12(17)15-13(16)18/h1-6H,7H2,(H,15,17,18). The number of imide groups is 1. The van der Waals surface area contributed by atoms with Crippen LogP contribution in [0.1, 0.15) is 0 Å². The number of sulfonamides is 1. The van der Waals surface area contributed by atoms with Crippen molar-refractivity contribution < 1.29 is 18.0 Å². The van der Waals surface area contributed by atoms with E-state index >= 15 is 0 Å². The van der Waals surface area contributed by atoms with Crippen molar-refractivity contribution >= 4 is 48.7 Å². The van der Waals surface area contributed by atoms with E-state index in [2.05, 4.69) is 15.9 Å². The van der Waals surface area contributed by atoms with Crippen molar-refractivity contribution in [2.24, 2.45) is 0 Å². The number of carbonyl (C=O) groups excluding carboxylic acids is 2. The number of fused-ring (bicyclic) bond motifs is 1. The van der Waals surface area contributed by atoms with E-state index in [9.17, 15) is 18.0 Å². The Bertz CT molecular complexity index is 879. The van der Waals surface area contributed by atoms with Gasteiger partial charge in [0.25, 0.3) is 10.0 Å². The van der Waals surface area contributed by atoms with Gasteiger partial charge >= 0.3 is 6.03 Å². The third kappa shape index (κ3) is 2.30. The number of rotatable bonds is 2. The molecule has 1 saturated heterocycles. The summed E-state index contributed by atoms with van der Waals surface area (Å²) in [4.78, 5) is 22.7. The van der Waals surface area contributed by atoms with Gasteiger partial charge < -0.3 is 0 Å². The fraction of sp³-hybridized carbons (Fsp3) is 0.0769. The number of urea groups is 1. The number of benzene rings is 2. The van der Waals surface area contributed by atoms with E-state index in [0.717, 1.165) is 15.2 Å². The second-order valence-electron chi connectivity index (χ2n) is 4.49. The van der Waals surface area contributed by atoms with Crippen LogP contribution in [-0.2, 0) is 14.8 Å². The molecule has 3 amide bonds. The topological polar surface area (TPSA) is 83.6 Å². The maximum Gasteiger partial charge on any atom is 0.338 e. The van der Waals surface area contributed by atoms with Gasteiger partial charge in [0.2, 0.25) is 5.91 Å². The molecule has 0 unspecified atom stereocenters. The molecule has 0 aromatic heterocycles.